The third kappa shape index (κ3) is 1.29. The summed E-state index contributed by atoms with van der Waals surface area (Å²) < 4.78 is 5.70. The molecule has 0 atom stereocenters. The Bertz CT molecular complexity index is 514. The van der Waals surface area contributed by atoms with Gasteiger partial charge in [-0.05, 0) is 34.5 Å². The fourth-order valence-corrected chi connectivity index (χ4v) is 1.58. The maximum Gasteiger partial charge on any atom is 0.235 e. The molecule has 0 radical (unpaired) electrons. The molecule has 0 unspecified atom stereocenters. The lowest BCUT2D eigenvalue weighted by Gasteiger charge is -1.79. The van der Waals surface area contributed by atoms with Crippen molar-refractivity contribution in [1.29, 1.82) is 0 Å². The lowest BCUT2D eigenvalue weighted by Crippen LogP contribution is -1.95. The van der Waals surface area contributed by atoms with Crippen molar-refractivity contribution < 1.29 is 4.42 Å². The third-order valence-electron chi connectivity index (χ3n) is 1.95. The summed E-state index contributed by atoms with van der Waals surface area (Å²) in [6.07, 6.45) is 1.60. The molecule has 13 heavy (non-hydrogen) atoms. The van der Waals surface area contributed by atoms with Crippen LogP contribution >= 0.6 is 15.9 Å². The van der Waals surface area contributed by atoms with Gasteiger partial charge in [-0.15, -0.1) is 0 Å². The van der Waals surface area contributed by atoms with Crippen LogP contribution in [0.25, 0.3) is 11.0 Å². The van der Waals surface area contributed by atoms with Crippen molar-refractivity contribution in [3.63, 3.8) is 0 Å². The van der Waals surface area contributed by atoms with Gasteiger partial charge in [-0.2, -0.15) is 0 Å². The van der Waals surface area contributed by atoms with E-state index in [4.69, 9.17) is 4.42 Å². The van der Waals surface area contributed by atoms with Crippen molar-refractivity contribution in [3.05, 3.63) is 44.7 Å². The van der Waals surface area contributed by atoms with Gasteiger partial charge in [0.25, 0.3) is 0 Å². The fourth-order valence-electron chi connectivity index (χ4n) is 1.25. The first kappa shape index (κ1) is 8.51. The van der Waals surface area contributed by atoms with Gasteiger partial charge in [0.1, 0.15) is 0 Å². The van der Waals surface area contributed by atoms with Crippen LogP contribution in [0.4, 0.5) is 0 Å². The summed E-state index contributed by atoms with van der Waals surface area (Å²) in [5.74, 6) is 0. The van der Waals surface area contributed by atoms with Crippen molar-refractivity contribution in [2.24, 2.45) is 0 Å². The van der Waals surface area contributed by atoms with Gasteiger partial charge in [-0.3, -0.25) is 4.79 Å². The average molecular weight is 239 g/mol. The molecule has 0 bridgehead atoms. The van der Waals surface area contributed by atoms with Gasteiger partial charge in [0.2, 0.25) is 5.43 Å². The first-order valence-corrected chi connectivity index (χ1v) is 4.66. The quantitative estimate of drug-likeness (QED) is 0.707. The minimum Gasteiger partial charge on any atom is -0.460 e. The van der Waals surface area contributed by atoms with Crippen LogP contribution in [0.2, 0.25) is 0 Å². The molecule has 0 N–H and O–H groups in total. The zero-order chi connectivity index (χ0) is 9.42. The zero-order valence-corrected chi connectivity index (χ0v) is 8.59. The van der Waals surface area contributed by atoms with Crippen LogP contribution in [-0.4, -0.2) is 0 Å². The Labute approximate surface area is 83.3 Å². The van der Waals surface area contributed by atoms with Crippen molar-refractivity contribution in [2.45, 2.75) is 6.92 Å². The number of rotatable bonds is 0. The Morgan fingerprint density at radius 1 is 1.38 bits per heavy atom. The summed E-state index contributed by atoms with van der Waals surface area (Å²) in [4.78, 5) is 11.6. The van der Waals surface area contributed by atoms with Gasteiger partial charge in [-0.25, -0.2) is 0 Å². The van der Waals surface area contributed by atoms with Crippen LogP contribution in [0.15, 0.2) is 38.1 Å². The number of aryl methyl sites for hydroxylation is 1. The van der Waals surface area contributed by atoms with E-state index in [-0.39, 0.29) is 5.43 Å². The number of hydrogen-bond acceptors (Lipinski definition) is 2. The van der Waals surface area contributed by atoms with Crippen molar-refractivity contribution in [3.8, 4) is 0 Å². The number of furan rings is 1. The molecule has 1 aromatic heterocycles. The highest BCUT2D eigenvalue weighted by Crippen LogP contribution is 2.17. The molecule has 2 nitrogen and oxygen atoms in total. The second kappa shape index (κ2) is 3.00. The van der Waals surface area contributed by atoms with Crippen molar-refractivity contribution >= 4 is 26.9 Å². The molecule has 0 spiro atoms. The molecule has 2 aromatic rings. The molecule has 0 saturated carbocycles. The lowest BCUT2D eigenvalue weighted by molar-refractivity contribution is 0.610. The highest BCUT2D eigenvalue weighted by Gasteiger charge is 2.05. The van der Waals surface area contributed by atoms with Crippen LogP contribution < -0.4 is 5.43 Å². The van der Waals surface area contributed by atoms with Gasteiger partial charge in [0, 0.05) is 5.39 Å². The summed E-state index contributed by atoms with van der Waals surface area (Å²) in [5, 5.41) is 0.871. The van der Waals surface area contributed by atoms with E-state index in [1.54, 1.807) is 12.3 Å². The average Bonchev–Trinajstić information content (AvgIpc) is 2.40. The van der Waals surface area contributed by atoms with E-state index >= 15 is 0 Å². The molecule has 0 aliphatic rings. The highest BCUT2D eigenvalue weighted by molar-refractivity contribution is 9.10. The van der Waals surface area contributed by atoms with Gasteiger partial charge in [0.05, 0.1) is 10.7 Å². The molecule has 3 heteroatoms. The zero-order valence-electron chi connectivity index (χ0n) is 7.00. The molecule has 1 heterocycles. The molecule has 66 valence electrons. The number of fused-ring (bicyclic) bond motifs is 1. The minimum atomic E-state index is -0.104. The number of halogens is 1. The molecular weight excluding hydrogens is 232 g/mol. The molecule has 0 amide bonds. The van der Waals surface area contributed by atoms with E-state index in [0.717, 1.165) is 10.9 Å². The summed E-state index contributed by atoms with van der Waals surface area (Å²) in [7, 11) is 0. The van der Waals surface area contributed by atoms with E-state index < -0.39 is 0 Å². The van der Waals surface area contributed by atoms with E-state index in [9.17, 15) is 4.79 Å². The molecule has 0 fully saturated rings. The Hall–Kier alpha value is -1.09. The summed E-state index contributed by atoms with van der Waals surface area (Å²) in [6.45, 7) is 1.92. The van der Waals surface area contributed by atoms with Crippen LogP contribution in [0, 0.1) is 6.92 Å². The van der Waals surface area contributed by atoms with Crippen LogP contribution in [-0.2, 0) is 0 Å². The second-order valence-corrected chi connectivity index (χ2v) is 3.72. The van der Waals surface area contributed by atoms with Gasteiger partial charge >= 0.3 is 0 Å². The molecular formula is C10H7BrO2. The topological polar surface area (TPSA) is 30.2 Å². The lowest BCUT2D eigenvalue weighted by atomic mass is 10.2. The van der Waals surface area contributed by atoms with Crippen molar-refractivity contribution in [1.82, 2.24) is 0 Å². The SMILES string of the molecule is Cc1coc2c(=O)c(Br)cccc12. The van der Waals surface area contributed by atoms with Crippen LogP contribution in [0.3, 0.4) is 0 Å². The van der Waals surface area contributed by atoms with E-state index in [1.807, 2.05) is 19.1 Å². The maximum atomic E-state index is 11.6. The molecule has 2 rings (SSSR count). The van der Waals surface area contributed by atoms with Crippen LogP contribution in [0.5, 0.6) is 0 Å². The first-order valence-electron chi connectivity index (χ1n) is 3.87. The predicted octanol–water partition coefficient (Wildman–Crippen LogP) is 2.86. The monoisotopic (exact) mass is 238 g/mol. The minimum absolute atomic E-state index is 0.104. The maximum absolute atomic E-state index is 11.6. The smallest absolute Gasteiger partial charge is 0.235 e. The number of hydrogen-bond donors (Lipinski definition) is 0. The fraction of sp³-hybridized carbons (Fsp3) is 0.100. The molecule has 0 aliphatic carbocycles. The largest absolute Gasteiger partial charge is 0.460 e. The Morgan fingerprint density at radius 3 is 2.92 bits per heavy atom. The summed E-state index contributed by atoms with van der Waals surface area (Å²) in [5.41, 5.74) is 1.29. The first-order chi connectivity index (χ1) is 6.20. The Balaban J connectivity index is 3.08. The van der Waals surface area contributed by atoms with Crippen LogP contribution in [0.1, 0.15) is 5.56 Å². The Kier molecular flexibility index (Phi) is 1.96. The normalized spacial score (nSPS) is 10.6. The predicted molar refractivity (Wildman–Crippen MR) is 54.9 cm³/mol. The van der Waals surface area contributed by atoms with E-state index in [0.29, 0.717) is 10.1 Å². The molecule has 0 saturated heterocycles. The third-order valence-corrected chi connectivity index (χ3v) is 2.58. The standard InChI is InChI=1S/C10H7BrO2/c1-6-5-13-10-7(6)3-2-4-8(11)9(10)12/h2-5H,1H3. The van der Waals surface area contributed by atoms with E-state index in [2.05, 4.69) is 15.9 Å². The Morgan fingerprint density at radius 2 is 2.15 bits per heavy atom. The van der Waals surface area contributed by atoms with Gasteiger partial charge in [0.15, 0.2) is 5.58 Å². The molecule has 0 aliphatic heterocycles. The van der Waals surface area contributed by atoms with Gasteiger partial charge in [-0.1, -0.05) is 12.1 Å². The van der Waals surface area contributed by atoms with Gasteiger partial charge < -0.3 is 4.42 Å². The van der Waals surface area contributed by atoms with Crippen molar-refractivity contribution in [2.75, 3.05) is 0 Å². The highest BCUT2D eigenvalue weighted by atomic mass is 79.9. The summed E-state index contributed by atoms with van der Waals surface area (Å²) >= 11 is 3.18. The molecule has 1 aromatic carbocycles. The summed E-state index contributed by atoms with van der Waals surface area (Å²) in [6, 6.07) is 5.42. The second-order valence-electron chi connectivity index (χ2n) is 2.86. The van der Waals surface area contributed by atoms with E-state index in [1.165, 1.54) is 0 Å².